The van der Waals surface area contributed by atoms with E-state index >= 15 is 0 Å². The van der Waals surface area contributed by atoms with Crippen LogP contribution in [0.1, 0.15) is 82.3 Å². The highest BCUT2D eigenvalue weighted by Crippen LogP contribution is 2.34. The predicted molar refractivity (Wildman–Crippen MR) is 78.8 cm³/mol. The first-order valence-electron chi connectivity index (χ1n) is 8.33. The molecule has 1 saturated carbocycles. The molecule has 1 saturated heterocycles. The summed E-state index contributed by atoms with van der Waals surface area (Å²) in [5.41, 5.74) is 0.0815. The minimum absolute atomic E-state index is 0.0815. The molecule has 1 aromatic rings. The number of nitrogens with one attached hydrogen (secondary N) is 1. The Hall–Kier alpha value is -0.900. The fourth-order valence-corrected chi connectivity index (χ4v) is 3.55. The van der Waals surface area contributed by atoms with E-state index in [1.165, 1.54) is 44.9 Å². The van der Waals surface area contributed by atoms with Gasteiger partial charge in [0.2, 0.25) is 5.89 Å². The van der Waals surface area contributed by atoms with Gasteiger partial charge in [-0.3, -0.25) is 0 Å². The molecule has 4 heteroatoms. The Bertz CT molecular complexity index is 415. The second kappa shape index (κ2) is 6.25. The zero-order valence-corrected chi connectivity index (χ0v) is 12.7. The van der Waals surface area contributed by atoms with Crippen LogP contribution >= 0.6 is 0 Å². The molecule has 3 rings (SSSR count). The molecule has 2 fully saturated rings. The number of nitrogens with zero attached hydrogens (tertiary/aromatic N) is 2. The molecular weight excluding hydrogens is 250 g/mol. The van der Waals surface area contributed by atoms with Crippen LogP contribution in [0.5, 0.6) is 0 Å². The summed E-state index contributed by atoms with van der Waals surface area (Å²) < 4.78 is 5.64. The summed E-state index contributed by atoms with van der Waals surface area (Å²) in [5.74, 6) is 2.37. The van der Waals surface area contributed by atoms with Crippen LogP contribution in [0, 0.1) is 0 Å². The zero-order valence-electron chi connectivity index (χ0n) is 12.7. The quantitative estimate of drug-likeness (QED) is 0.898. The number of aromatic nitrogens is 2. The minimum atomic E-state index is 0.0815. The van der Waals surface area contributed by atoms with Gasteiger partial charge in [-0.2, -0.15) is 4.98 Å². The monoisotopic (exact) mass is 277 g/mol. The Morgan fingerprint density at radius 1 is 1.05 bits per heavy atom. The van der Waals surface area contributed by atoms with E-state index < -0.39 is 0 Å². The number of piperidine rings is 1. The van der Waals surface area contributed by atoms with Gasteiger partial charge in [-0.25, -0.2) is 0 Å². The SMILES string of the molecule is CC1(c2nc(C3CCCCCCC3)no2)CCNCC1. The lowest BCUT2D eigenvalue weighted by molar-refractivity contribution is 0.240. The maximum Gasteiger partial charge on any atom is 0.232 e. The first-order valence-corrected chi connectivity index (χ1v) is 8.33. The summed E-state index contributed by atoms with van der Waals surface area (Å²) in [4.78, 5) is 4.80. The molecule has 1 aromatic heterocycles. The van der Waals surface area contributed by atoms with E-state index in [0.29, 0.717) is 5.92 Å². The van der Waals surface area contributed by atoms with Gasteiger partial charge in [-0.05, 0) is 38.8 Å². The summed E-state index contributed by atoms with van der Waals surface area (Å²) in [5, 5.41) is 7.73. The number of rotatable bonds is 2. The van der Waals surface area contributed by atoms with Gasteiger partial charge in [0.25, 0.3) is 0 Å². The first-order chi connectivity index (χ1) is 9.78. The Morgan fingerprint density at radius 3 is 2.40 bits per heavy atom. The van der Waals surface area contributed by atoms with E-state index in [0.717, 1.165) is 37.6 Å². The normalized spacial score (nSPS) is 25.1. The van der Waals surface area contributed by atoms with E-state index in [1.807, 2.05) is 0 Å². The van der Waals surface area contributed by atoms with Crippen molar-refractivity contribution >= 4 is 0 Å². The van der Waals surface area contributed by atoms with Crippen LogP contribution < -0.4 is 5.32 Å². The minimum Gasteiger partial charge on any atom is -0.339 e. The van der Waals surface area contributed by atoms with Gasteiger partial charge in [0.1, 0.15) is 0 Å². The molecule has 0 spiro atoms. The standard InChI is InChI=1S/C16H27N3O/c1-16(9-11-17-12-10-16)15-18-14(19-20-15)13-7-5-3-2-4-6-8-13/h13,17H,2-12H2,1H3. The van der Waals surface area contributed by atoms with Crippen molar-refractivity contribution in [3.63, 3.8) is 0 Å². The highest BCUT2D eigenvalue weighted by molar-refractivity contribution is 5.07. The molecule has 1 aliphatic heterocycles. The third-order valence-corrected chi connectivity index (χ3v) is 5.14. The molecule has 20 heavy (non-hydrogen) atoms. The van der Waals surface area contributed by atoms with Crippen LogP contribution in [-0.4, -0.2) is 23.2 Å². The van der Waals surface area contributed by atoms with Gasteiger partial charge >= 0.3 is 0 Å². The molecule has 0 aromatic carbocycles. The van der Waals surface area contributed by atoms with Crippen LogP contribution in [0.3, 0.4) is 0 Å². The van der Waals surface area contributed by atoms with Crippen molar-refractivity contribution in [3.8, 4) is 0 Å². The predicted octanol–water partition coefficient (Wildman–Crippen LogP) is 3.54. The van der Waals surface area contributed by atoms with Crippen LogP contribution in [0.25, 0.3) is 0 Å². The Morgan fingerprint density at radius 2 is 1.70 bits per heavy atom. The third kappa shape index (κ3) is 3.05. The highest BCUT2D eigenvalue weighted by Gasteiger charge is 2.35. The Kier molecular flexibility index (Phi) is 4.39. The van der Waals surface area contributed by atoms with E-state index in [-0.39, 0.29) is 5.41 Å². The van der Waals surface area contributed by atoms with Crippen molar-refractivity contribution in [1.29, 1.82) is 0 Å². The zero-order chi connectivity index (χ0) is 13.8. The first kappa shape index (κ1) is 14.1. The third-order valence-electron chi connectivity index (χ3n) is 5.14. The lowest BCUT2D eigenvalue weighted by Gasteiger charge is -2.30. The van der Waals surface area contributed by atoms with Gasteiger partial charge in [-0.1, -0.05) is 44.2 Å². The molecule has 4 nitrogen and oxygen atoms in total. The summed E-state index contributed by atoms with van der Waals surface area (Å²) in [7, 11) is 0. The van der Waals surface area contributed by atoms with Crippen LogP contribution in [0.2, 0.25) is 0 Å². The van der Waals surface area contributed by atoms with Gasteiger partial charge in [-0.15, -0.1) is 0 Å². The molecule has 2 aliphatic rings. The Balaban J connectivity index is 1.71. The summed E-state index contributed by atoms with van der Waals surface area (Å²) >= 11 is 0. The van der Waals surface area contributed by atoms with Crippen molar-refractivity contribution in [2.75, 3.05) is 13.1 Å². The van der Waals surface area contributed by atoms with E-state index in [1.54, 1.807) is 0 Å². The fourth-order valence-electron chi connectivity index (χ4n) is 3.55. The maximum atomic E-state index is 5.64. The lowest BCUT2D eigenvalue weighted by atomic mass is 9.81. The summed E-state index contributed by atoms with van der Waals surface area (Å²) in [6, 6.07) is 0. The number of hydrogen-bond donors (Lipinski definition) is 1. The largest absolute Gasteiger partial charge is 0.339 e. The van der Waals surface area contributed by atoms with Gasteiger partial charge in [0.05, 0.1) is 0 Å². The van der Waals surface area contributed by atoms with Gasteiger partial charge in [0, 0.05) is 11.3 Å². The molecular formula is C16H27N3O. The lowest BCUT2D eigenvalue weighted by Crippen LogP contribution is -2.37. The van der Waals surface area contributed by atoms with Crippen molar-refractivity contribution in [3.05, 3.63) is 11.7 Å². The van der Waals surface area contributed by atoms with Crippen molar-refractivity contribution in [2.45, 2.75) is 76.0 Å². The van der Waals surface area contributed by atoms with Gasteiger partial charge < -0.3 is 9.84 Å². The Labute approximate surface area is 121 Å². The second-order valence-corrected chi connectivity index (χ2v) is 6.81. The van der Waals surface area contributed by atoms with E-state index in [4.69, 9.17) is 9.51 Å². The summed E-state index contributed by atoms with van der Waals surface area (Å²) in [6.45, 7) is 4.37. The van der Waals surface area contributed by atoms with E-state index in [9.17, 15) is 0 Å². The van der Waals surface area contributed by atoms with Crippen molar-refractivity contribution in [1.82, 2.24) is 15.5 Å². The fraction of sp³-hybridized carbons (Fsp3) is 0.875. The topological polar surface area (TPSA) is 51.0 Å². The maximum absolute atomic E-state index is 5.64. The molecule has 2 heterocycles. The highest BCUT2D eigenvalue weighted by atomic mass is 16.5. The molecule has 0 amide bonds. The van der Waals surface area contributed by atoms with Gasteiger partial charge in [0.15, 0.2) is 5.82 Å². The molecule has 0 unspecified atom stereocenters. The average Bonchev–Trinajstić information content (AvgIpc) is 2.89. The molecule has 112 valence electrons. The van der Waals surface area contributed by atoms with Crippen LogP contribution in [0.15, 0.2) is 4.52 Å². The number of hydrogen-bond acceptors (Lipinski definition) is 4. The van der Waals surface area contributed by atoms with E-state index in [2.05, 4.69) is 17.4 Å². The van der Waals surface area contributed by atoms with Crippen molar-refractivity contribution in [2.24, 2.45) is 0 Å². The van der Waals surface area contributed by atoms with Crippen LogP contribution in [0.4, 0.5) is 0 Å². The molecule has 1 aliphatic carbocycles. The molecule has 0 radical (unpaired) electrons. The van der Waals surface area contributed by atoms with Crippen molar-refractivity contribution < 1.29 is 4.52 Å². The smallest absolute Gasteiger partial charge is 0.232 e. The summed E-state index contributed by atoms with van der Waals surface area (Å²) in [6.07, 6.45) is 11.4. The average molecular weight is 277 g/mol. The molecule has 0 bridgehead atoms. The van der Waals surface area contributed by atoms with Crippen LogP contribution in [-0.2, 0) is 5.41 Å². The second-order valence-electron chi connectivity index (χ2n) is 6.81. The molecule has 0 atom stereocenters. The molecule has 1 N–H and O–H groups in total.